The molecule has 102 valence electrons. The van der Waals surface area contributed by atoms with Crippen LogP contribution in [0, 0.1) is 0 Å². The van der Waals surface area contributed by atoms with Crippen LogP contribution in [-0.2, 0) is 7.05 Å². The van der Waals surface area contributed by atoms with E-state index in [0.717, 1.165) is 37.1 Å². The van der Waals surface area contributed by atoms with Gasteiger partial charge in [0.2, 0.25) is 0 Å². The highest BCUT2D eigenvalue weighted by atomic mass is 16.3. The number of aryl methyl sites for hydroxylation is 1. The Morgan fingerprint density at radius 3 is 2.47 bits per heavy atom. The molecule has 4 nitrogen and oxygen atoms in total. The Balaban J connectivity index is 1.91. The maximum absolute atomic E-state index is 10.6. The normalized spacial score (nSPS) is 19.9. The second kappa shape index (κ2) is 4.96. The summed E-state index contributed by atoms with van der Waals surface area (Å²) in [4.78, 5) is 4.45. The van der Waals surface area contributed by atoms with Gasteiger partial charge in [-0.25, -0.2) is 0 Å². The lowest BCUT2D eigenvalue weighted by molar-refractivity contribution is -0.0223. The Bertz CT molecular complexity index is 570. The maximum Gasteiger partial charge on any atom is 0.135 e. The zero-order valence-corrected chi connectivity index (χ0v) is 11.6. The predicted octanol–water partition coefficient (Wildman–Crippen LogP) is 1.42. The molecule has 0 saturated carbocycles. The molecule has 4 heteroatoms. The average molecular weight is 259 g/mol. The molecule has 1 aromatic carbocycles. The number of rotatable bonds is 2. The summed E-state index contributed by atoms with van der Waals surface area (Å²) in [7, 11) is 4.16. The molecule has 0 spiro atoms. The molecule has 1 aliphatic rings. The summed E-state index contributed by atoms with van der Waals surface area (Å²) in [6.07, 6.45) is 1.55. The van der Waals surface area contributed by atoms with Gasteiger partial charge in [0, 0.05) is 55.9 Å². The van der Waals surface area contributed by atoms with Gasteiger partial charge in [0.15, 0.2) is 0 Å². The summed E-state index contributed by atoms with van der Waals surface area (Å²) >= 11 is 0. The van der Waals surface area contributed by atoms with Crippen molar-refractivity contribution < 1.29 is 5.11 Å². The molecule has 1 saturated heterocycles. The number of hydrogen-bond donors (Lipinski definition) is 1. The van der Waals surface area contributed by atoms with Crippen molar-refractivity contribution in [3.05, 3.63) is 36.0 Å². The van der Waals surface area contributed by atoms with Crippen LogP contribution in [-0.4, -0.2) is 52.7 Å². The van der Waals surface area contributed by atoms with Gasteiger partial charge in [-0.05, 0) is 13.1 Å². The van der Waals surface area contributed by atoms with E-state index in [-0.39, 0.29) is 0 Å². The van der Waals surface area contributed by atoms with Crippen molar-refractivity contribution in [1.29, 1.82) is 0 Å². The van der Waals surface area contributed by atoms with Gasteiger partial charge in [-0.1, -0.05) is 18.2 Å². The summed E-state index contributed by atoms with van der Waals surface area (Å²) in [5.41, 5.74) is 2.19. The van der Waals surface area contributed by atoms with Gasteiger partial charge >= 0.3 is 0 Å². The van der Waals surface area contributed by atoms with E-state index in [2.05, 4.69) is 33.5 Å². The molecule has 1 atom stereocenters. The minimum Gasteiger partial charge on any atom is -0.374 e. The van der Waals surface area contributed by atoms with Gasteiger partial charge in [-0.3, -0.25) is 4.90 Å². The van der Waals surface area contributed by atoms with Gasteiger partial charge in [0.1, 0.15) is 6.23 Å². The van der Waals surface area contributed by atoms with Crippen molar-refractivity contribution >= 4 is 10.9 Å². The van der Waals surface area contributed by atoms with E-state index in [4.69, 9.17) is 0 Å². The van der Waals surface area contributed by atoms with E-state index in [1.54, 1.807) is 0 Å². The maximum atomic E-state index is 10.6. The summed E-state index contributed by atoms with van der Waals surface area (Å²) < 4.78 is 2.09. The fourth-order valence-corrected chi connectivity index (χ4v) is 2.84. The molecule has 1 aliphatic heterocycles. The second-order valence-corrected chi connectivity index (χ2v) is 5.43. The molecule has 0 amide bonds. The molecule has 2 heterocycles. The Kier molecular flexibility index (Phi) is 3.31. The summed E-state index contributed by atoms with van der Waals surface area (Å²) in [5, 5.41) is 11.8. The first-order chi connectivity index (χ1) is 9.16. The number of likely N-dealkylation sites (N-methyl/N-ethyl adjacent to an activating group) is 1. The fourth-order valence-electron chi connectivity index (χ4n) is 2.84. The topological polar surface area (TPSA) is 31.6 Å². The van der Waals surface area contributed by atoms with Crippen molar-refractivity contribution in [2.75, 3.05) is 33.2 Å². The van der Waals surface area contributed by atoms with Crippen molar-refractivity contribution in [2.24, 2.45) is 7.05 Å². The van der Waals surface area contributed by atoms with E-state index >= 15 is 0 Å². The van der Waals surface area contributed by atoms with Gasteiger partial charge in [0.05, 0.1) is 0 Å². The zero-order chi connectivity index (χ0) is 13.4. The fraction of sp³-hybridized carbons (Fsp3) is 0.467. The molecule has 2 aromatic rings. The van der Waals surface area contributed by atoms with Crippen LogP contribution < -0.4 is 0 Å². The highest BCUT2D eigenvalue weighted by Gasteiger charge is 2.24. The molecule has 19 heavy (non-hydrogen) atoms. The molecular formula is C15H21N3O. The van der Waals surface area contributed by atoms with Crippen LogP contribution in [0.4, 0.5) is 0 Å². The highest BCUT2D eigenvalue weighted by Crippen LogP contribution is 2.28. The van der Waals surface area contributed by atoms with Gasteiger partial charge < -0.3 is 14.6 Å². The van der Waals surface area contributed by atoms with Crippen molar-refractivity contribution in [2.45, 2.75) is 6.23 Å². The molecule has 0 bridgehead atoms. The number of para-hydroxylation sites is 1. The lowest BCUT2D eigenvalue weighted by Gasteiger charge is -2.35. The lowest BCUT2D eigenvalue weighted by atomic mass is 10.1. The average Bonchev–Trinajstić information content (AvgIpc) is 2.77. The minimum absolute atomic E-state index is 0.500. The molecule has 0 aliphatic carbocycles. The smallest absolute Gasteiger partial charge is 0.135 e. The van der Waals surface area contributed by atoms with Gasteiger partial charge in [0.25, 0.3) is 0 Å². The van der Waals surface area contributed by atoms with E-state index in [1.807, 2.05) is 25.4 Å². The van der Waals surface area contributed by atoms with Crippen LogP contribution in [0.3, 0.4) is 0 Å². The Labute approximate surface area is 113 Å². The molecule has 1 fully saturated rings. The Morgan fingerprint density at radius 1 is 1.05 bits per heavy atom. The van der Waals surface area contributed by atoms with Crippen molar-refractivity contribution in [3.8, 4) is 0 Å². The quantitative estimate of drug-likeness (QED) is 0.885. The summed E-state index contributed by atoms with van der Waals surface area (Å²) in [6.45, 7) is 3.87. The second-order valence-electron chi connectivity index (χ2n) is 5.43. The largest absolute Gasteiger partial charge is 0.374 e. The molecular weight excluding hydrogens is 238 g/mol. The van der Waals surface area contributed by atoms with Crippen LogP contribution in [0.1, 0.15) is 11.8 Å². The number of hydrogen-bond acceptors (Lipinski definition) is 3. The molecule has 3 rings (SSSR count). The number of piperazine rings is 1. The van der Waals surface area contributed by atoms with Gasteiger partial charge in [-0.15, -0.1) is 0 Å². The summed E-state index contributed by atoms with van der Waals surface area (Å²) in [6, 6.07) is 8.25. The van der Waals surface area contributed by atoms with Crippen molar-refractivity contribution in [3.63, 3.8) is 0 Å². The van der Waals surface area contributed by atoms with Crippen LogP contribution in [0.2, 0.25) is 0 Å². The first kappa shape index (κ1) is 12.7. The van der Waals surface area contributed by atoms with Crippen LogP contribution in [0.15, 0.2) is 30.5 Å². The third kappa shape index (κ3) is 2.27. The first-order valence-corrected chi connectivity index (χ1v) is 6.81. The highest BCUT2D eigenvalue weighted by molar-refractivity contribution is 5.84. The molecule has 1 aromatic heterocycles. The van der Waals surface area contributed by atoms with E-state index in [1.165, 1.54) is 5.52 Å². The third-order valence-corrected chi connectivity index (χ3v) is 4.09. The number of fused-ring (bicyclic) bond motifs is 1. The van der Waals surface area contributed by atoms with Crippen LogP contribution in [0.5, 0.6) is 0 Å². The monoisotopic (exact) mass is 259 g/mol. The van der Waals surface area contributed by atoms with E-state index in [0.29, 0.717) is 0 Å². The van der Waals surface area contributed by atoms with Crippen LogP contribution >= 0.6 is 0 Å². The van der Waals surface area contributed by atoms with E-state index in [9.17, 15) is 5.11 Å². The summed E-state index contributed by atoms with van der Waals surface area (Å²) in [5.74, 6) is 0. The molecule has 1 unspecified atom stereocenters. The van der Waals surface area contributed by atoms with Crippen LogP contribution in [0.25, 0.3) is 10.9 Å². The molecule has 0 radical (unpaired) electrons. The first-order valence-electron chi connectivity index (χ1n) is 6.81. The third-order valence-electron chi connectivity index (χ3n) is 4.09. The number of nitrogens with zero attached hydrogens (tertiary/aromatic N) is 3. The predicted molar refractivity (Wildman–Crippen MR) is 76.9 cm³/mol. The zero-order valence-electron chi connectivity index (χ0n) is 11.6. The van der Waals surface area contributed by atoms with E-state index < -0.39 is 6.23 Å². The molecule has 1 N–H and O–H groups in total. The number of aliphatic hydroxyl groups is 1. The van der Waals surface area contributed by atoms with Crippen molar-refractivity contribution in [1.82, 2.24) is 14.4 Å². The number of aromatic nitrogens is 1. The standard InChI is InChI=1S/C15H21N3O/c1-16-7-9-18(10-8-16)15(19)13-11-17(2)14-6-4-3-5-12(13)14/h3-6,11,15,19H,7-10H2,1-2H3. The van der Waals surface area contributed by atoms with Gasteiger partial charge in [-0.2, -0.15) is 0 Å². The minimum atomic E-state index is -0.500. The number of aliphatic hydroxyl groups excluding tert-OH is 1. The number of benzene rings is 1. The SMILES string of the molecule is CN1CCN(C(O)c2cn(C)c3ccccc23)CC1. The lowest BCUT2D eigenvalue weighted by Crippen LogP contribution is -2.45. The Morgan fingerprint density at radius 2 is 1.74 bits per heavy atom. The Hall–Kier alpha value is -1.36.